The lowest BCUT2D eigenvalue weighted by Gasteiger charge is -1.99. The highest BCUT2D eigenvalue weighted by Gasteiger charge is 2.01. The Morgan fingerprint density at radius 2 is 1.62 bits per heavy atom. The van der Waals surface area contributed by atoms with Crippen LogP contribution in [0.3, 0.4) is 0 Å². The van der Waals surface area contributed by atoms with Gasteiger partial charge in [-0.3, -0.25) is 0 Å². The SMILES string of the molecule is OCc1ccc(CCc2ccc(Cl)cc2)o1. The van der Waals surface area contributed by atoms with E-state index in [0.29, 0.717) is 5.76 Å². The molecule has 1 aromatic heterocycles. The molecule has 2 aromatic rings. The number of benzene rings is 1. The average molecular weight is 237 g/mol. The van der Waals surface area contributed by atoms with Crippen molar-refractivity contribution in [1.82, 2.24) is 0 Å². The Labute approximate surface area is 99.5 Å². The van der Waals surface area contributed by atoms with Crippen molar-refractivity contribution in [2.45, 2.75) is 19.4 Å². The zero-order chi connectivity index (χ0) is 11.4. The first-order valence-electron chi connectivity index (χ1n) is 5.21. The molecule has 0 amide bonds. The van der Waals surface area contributed by atoms with Gasteiger partial charge in [0.1, 0.15) is 18.1 Å². The highest BCUT2D eigenvalue weighted by molar-refractivity contribution is 6.30. The van der Waals surface area contributed by atoms with Gasteiger partial charge in [-0.25, -0.2) is 0 Å². The van der Waals surface area contributed by atoms with Crippen molar-refractivity contribution >= 4 is 11.6 Å². The minimum Gasteiger partial charge on any atom is -0.464 e. The maximum atomic E-state index is 8.86. The smallest absolute Gasteiger partial charge is 0.129 e. The summed E-state index contributed by atoms with van der Waals surface area (Å²) in [7, 11) is 0. The molecule has 0 saturated heterocycles. The van der Waals surface area contributed by atoms with Crippen LogP contribution < -0.4 is 0 Å². The first kappa shape index (κ1) is 11.2. The maximum Gasteiger partial charge on any atom is 0.129 e. The third-order valence-corrected chi connectivity index (χ3v) is 2.70. The quantitative estimate of drug-likeness (QED) is 0.884. The Kier molecular flexibility index (Phi) is 3.65. The van der Waals surface area contributed by atoms with E-state index < -0.39 is 0 Å². The molecule has 0 aliphatic heterocycles. The van der Waals surface area contributed by atoms with Gasteiger partial charge in [-0.2, -0.15) is 0 Å². The molecule has 0 saturated carbocycles. The number of aliphatic hydroxyl groups is 1. The third-order valence-electron chi connectivity index (χ3n) is 2.45. The van der Waals surface area contributed by atoms with Crippen molar-refractivity contribution in [3.05, 3.63) is 58.5 Å². The van der Waals surface area contributed by atoms with Gasteiger partial charge in [0.25, 0.3) is 0 Å². The highest BCUT2D eigenvalue weighted by Crippen LogP contribution is 2.14. The number of aliphatic hydroxyl groups excluding tert-OH is 1. The predicted molar refractivity (Wildman–Crippen MR) is 63.5 cm³/mol. The van der Waals surface area contributed by atoms with Crippen molar-refractivity contribution in [3.63, 3.8) is 0 Å². The van der Waals surface area contributed by atoms with Gasteiger partial charge in [0.2, 0.25) is 0 Å². The fourth-order valence-corrected chi connectivity index (χ4v) is 1.69. The van der Waals surface area contributed by atoms with Gasteiger partial charge in [0, 0.05) is 11.4 Å². The van der Waals surface area contributed by atoms with Gasteiger partial charge in [0.15, 0.2) is 0 Å². The molecule has 0 radical (unpaired) electrons. The summed E-state index contributed by atoms with van der Waals surface area (Å²) in [4.78, 5) is 0. The van der Waals surface area contributed by atoms with E-state index in [1.54, 1.807) is 6.07 Å². The molecule has 0 aliphatic rings. The van der Waals surface area contributed by atoms with Crippen LogP contribution in [0.4, 0.5) is 0 Å². The van der Waals surface area contributed by atoms with Gasteiger partial charge in [-0.1, -0.05) is 23.7 Å². The molecular formula is C13H13ClO2. The van der Waals surface area contributed by atoms with Gasteiger partial charge in [-0.15, -0.1) is 0 Å². The molecule has 0 aliphatic carbocycles. The van der Waals surface area contributed by atoms with Crippen molar-refractivity contribution in [3.8, 4) is 0 Å². The Morgan fingerprint density at radius 1 is 0.938 bits per heavy atom. The Bertz CT molecular complexity index is 445. The second-order valence-corrected chi connectivity index (χ2v) is 4.09. The standard InChI is InChI=1S/C13H13ClO2/c14-11-4-1-10(2-5-11)3-6-12-7-8-13(9-15)16-12/h1-2,4-5,7-8,15H,3,6,9H2. The van der Waals surface area contributed by atoms with Gasteiger partial charge in [0.05, 0.1) is 0 Å². The fraction of sp³-hybridized carbons (Fsp3) is 0.231. The van der Waals surface area contributed by atoms with Gasteiger partial charge in [-0.05, 0) is 36.2 Å². The zero-order valence-corrected chi connectivity index (χ0v) is 9.57. The monoisotopic (exact) mass is 236 g/mol. The topological polar surface area (TPSA) is 33.4 Å². The first-order chi connectivity index (χ1) is 7.78. The largest absolute Gasteiger partial charge is 0.464 e. The van der Waals surface area contributed by atoms with E-state index in [0.717, 1.165) is 23.6 Å². The lowest BCUT2D eigenvalue weighted by atomic mass is 10.1. The second-order valence-electron chi connectivity index (χ2n) is 3.65. The number of aryl methyl sites for hydroxylation is 2. The van der Waals surface area contributed by atoms with Crippen molar-refractivity contribution < 1.29 is 9.52 Å². The molecule has 1 heterocycles. The Balaban J connectivity index is 1.94. The summed E-state index contributed by atoms with van der Waals surface area (Å²) >= 11 is 5.80. The summed E-state index contributed by atoms with van der Waals surface area (Å²) in [6.07, 6.45) is 1.75. The van der Waals surface area contributed by atoms with Crippen LogP contribution in [0.5, 0.6) is 0 Å². The number of rotatable bonds is 4. The molecule has 16 heavy (non-hydrogen) atoms. The van der Waals surface area contributed by atoms with E-state index in [9.17, 15) is 0 Å². The van der Waals surface area contributed by atoms with Crippen LogP contribution in [0.25, 0.3) is 0 Å². The molecule has 84 valence electrons. The van der Waals surface area contributed by atoms with Gasteiger partial charge >= 0.3 is 0 Å². The second kappa shape index (κ2) is 5.19. The molecule has 2 nitrogen and oxygen atoms in total. The normalized spacial score (nSPS) is 10.6. The molecule has 1 N–H and O–H groups in total. The number of hydrogen-bond donors (Lipinski definition) is 1. The summed E-state index contributed by atoms with van der Waals surface area (Å²) in [6.45, 7) is -0.0407. The van der Waals surface area contributed by atoms with Gasteiger partial charge < -0.3 is 9.52 Å². The maximum absolute atomic E-state index is 8.86. The van der Waals surface area contributed by atoms with Crippen LogP contribution in [0, 0.1) is 0 Å². The number of halogens is 1. The molecule has 0 unspecified atom stereocenters. The first-order valence-corrected chi connectivity index (χ1v) is 5.58. The van der Waals surface area contributed by atoms with E-state index >= 15 is 0 Å². The molecule has 0 atom stereocenters. The fourth-order valence-electron chi connectivity index (χ4n) is 1.56. The average Bonchev–Trinajstić information content (AvgIpc) is 2.76. The van der Waals surface area contributed by atoms with Crippen LogP contribution in [0.1, 0.15) is 17.1 Å². The summed E-state index contributed by atoms with van der Waals surface area (Å²) in [5, 5.41) is 9.61. The molecule has 0 bridgehead atoms. The molecule has 2 rings (SSSR count). The minimum atomic E-state index is -0.0407. The van der Waals surface area contributed by atoms with Crippen molar-refractivity contribution in [1.29, 1.82) is 0 Å². The minimum absolute atomic E-state index is 0.0407. The third kappa shape index (κ3) is 2.87. The lowest BCUT2D eigenvalue weighted by molar-refractivity contribution is 0.243. The van der Waals surface area contributed by atoms with Crippen LogP contribution in [-0.2, 0) is 19.4 Å². The number of hydrogen-bond acceptors (Lipinski definition) is 2. The van der Waals surface area contributed by atoms with Crippen LogP contribution in [-0.4, -0.2) is 5.11 Å². The van der Waals surface area contributed by atoms with E-state index in [2.05, 4.69) is 0 Å². The van der Waals surface area contributed by atoms with E-state index in [1.165, 1.54) is 5.56 Å². The predicted octanol–water partition coefficient (Wildman–Crippen LogP) is 3.21. The summed E-state index contributed by atoms with van der Waals surface area (Å²) in [5.41, 5.74) is 1.23. The van der Waals surface area contributed by atoms with Crippen LogP contribution in [0.2, 0.25) is 5.02 Å². The molecule has 0 fully saturated rings. The Morgan fingerprint density at radius 3 is 2.25 bits per heavy atom. The van der Waals surface area contributed by atoms with E-state index in [1.807, 2.05) is 30.3 Å². The van der Waals surface area contributed by atoms with E-state index in [-0.39, 0.29) is 6.61 Å². The lowest BCUT2D eigenvalue weighted by Crippen LogP contribution is -1.89. The molecule has 1 aromatic carbocycles. The summed E-state index contributed by atoms with van der Waals surface area (Å²) in [5.74, 6) is 1.52. The summed E-state index contributed by atoms with van der Waals surface area (Å²) < 4.78 is 5.40. The Hall–Kier alpha value is -1.25. The number of furan rings is 1. The van der Waals surface area contributed by atoms with E-state index in [4.69, 9.17) is 21.1 Å². The molecule has 3 heteroatoms. The highest BCUT2D eigenvalue weighted by atomic mass is 35.5. The zero-order valence-electron chi connectivity index (χ0n) is 8.82. The molecular weight excluding hydrogens is 224 g/mol. The van der Waals surface area contributed by atoms with Crippen molar-refractivity contribution in [2.24, 2.45) is 0 Å². The molecule has 0 spiro atoms. The summed E-state index contributed by atoms with van der Waals surface area (Å²) in [6, 6.07) is 11.5. The van der Waals surface area contributed by atoms with Crippen molar-refractivity contribution in [2.75, 3.05) is 0 Å². The van der Waals surface area contributed by atoms with Crippen LogP contribution >= 0.6 is 11.6 Å². The van der Waals surface area contributed by atoms with Crippen LogP contribution in [0.15, 0.2) is 40.8 Å².